The van der Waals surface area contributed by atoms with Crippen molar-refractivity contribution in [3.8, 4) is 22.5 Å². The highest BCUT2D eigenvalue weighted by Crippen LogP contribution is 2.38. The Morgan fingerprint density at radius 1 is 1.02 bits per heavy atom. The van der Waals surface area contributed by atoms with Crippen molar-refractivity contribution in [1.29, 1.82) is 0 Å². The van der Waals surface area contributed by atoms with Crippen LogP contribution in [0.4, 0.5) is 5.82 Å². The second-order valence-electron chi connectivity index (χ2n) is 11.8. The van der Waals surface area contributed by atoms with E-state index in [0.29, 0.717) is 23.8 Å². The smallest absolute Gasteiger partial charge is 0.255 e. The first kappa shape index (κ1) is 26.4. The average molecular weight is 562 g/mol. The summed E-state index contributed by atoms with van der Waals surface area (Å²) < 4.78 is 4.26. The molecule has 1 aliphatic heterocycles. The van der Waals surface area contributed by atoms with Crippen molar-refractivity contribution in [1.82, 2.24) is 24.1 Å². The lowest BCUT2D eigenvalue weighted by atomic mass is 10.1. The van der Waals surface area contributed by atoms with Crippen LogP contribution in [0.2, 0.25) is 0 Å². The number of rotatable bonds is 6. The number of aromatic nitrogens is 4. The summed E-state index contributed by atoms with van der Waals surface area (Å²) in [5, 5.41) is 8.92. The Hall–Kier alpha value is -4.50. The number of piperidine rings is 1. The molecular formula is C33H35N7O2. The van der Waals surface area contributed by atoms with E-state index in [0.717, 1.165) is 70.4 Å². The van der Waals surface area contributed by atoms with Crippen molar-refractivity contribution in [2.45, 2.75) is 52.1 Å². The van der Waals surface area contributed by atoms with Gasteiger partial charge in [0.15, 0.2) is 0 Å². The van der Waals surface area contributed by atoms with E-state index in [4.69, 9.17) is 10.8 Å². The van der Waals surface area contributed by atoms with E-state index in [-0.39, 0.29) is 17.9 Å². The SMILES string of the molecule is CC(=O)Nc1ccc(-c2ccc3cc(-c4nn5cc(C(=O)N6CCC[C@@H](N)C6)ccc5c4C)n(CC4CC4)c3c2)cn1. The summed E-state index contributed by atoms with van der Waals surface area (Å²) in [6, 6.07) is 16.5. The zero-order chi connectivity index (χ0) is 29.0. The first-order valence-electron chi connectivity index (χ1n) is 14.8. The van der Waals surface area contributed by atoms with E-state index < -0.39 is 0 Å². The van der Waals surface area contributed by atoms with Crippen molar-refractivity contribution in [3.05, 3.63) is 72.1 Å². The number of hydrogen-bond donors (Lipinski definition) is 2. The Morgan fingerprint density at radius 3 is 2.60 bits per heavy atom. The van der Waals surface area contributed by atoms with Gasteiger partial charge in [-0.15, -0.1) is 0 Å². The van der Waals surface area contributed by atoms with Crippen LogP contribution in [0, 0.1) is 12.8 Å². The van der Waals surface area contributed by atoms with E-state index in [1.807, 2.05) is 39.9 Å². The van der Waals surface area contributed by atoms with Crippen molar-refractivity contribution < 1.29 is 9.59 Å². The third-order valence-corrected chi connectivity index (χ3v) is 8.55. The molecule has 1 atom stereocenters. The number of fused-ring (bicyclic) bond motifs is 2. The predicted molar refractivity (Wildman–Crippen MR) is 164 cm³/mol. The third kappa shape index (κ3) is 4.94. The van der Waals surface area contributed by atoms with Gasteiger partial charge in [-0.2, -0.15) is 5.10 Å². The molecule has 3 N–H and O–H groups in total. The molecule has 9 heteroatoms. The number of nitrogens with one attached hydrogen (secondary N) is 1. The monoisotopic (exact) mass is 561 g/mol. The molecule has 1 saturated carbocycles. The Balaban J connectivity index is 1.27. The number of nitrogens with zero attached hydrogens (tertiary/aromatic N) is 5. The van der Waals surface area contributed by atoms with Gasteiger partial charge in [0.25, 0.3) is 5.91 Å². The summed E-state index contributed by atoms with van der Waals surface area (Å²) in [7, 11) is 0. The highest BCUT2D eigenvalue weighted by Gasteiger charge is 2.27. The number of amides is 2. The van der Waals surface area contributed by atoms with Crippen molar-refractivity contribution >= 4 is 34.1 Å². The maximum absolute atomic E-state index is 13.3. The van der Waals surface area contributed by atoms with Gasteiger partial charge in [-0.05, 0) is 80.5 Å². The zero-order valence-corrected chi connectivity index (χ0v) is 24.0. The lowest BCUT2D eigenvalue weighted by Gasteiger charge is -2.30. The number of pyridine rings is 2. The van der Waals surface area contributed by atoms with Crippen LogP contribution >= 0.6 is 0 Å². The molecule has 0 spiro atoms. The number of anilines is 1. The minimum absolute atomic E-state index is 0.0109. The van der Waals surface area contributed by atoms with Crippen LogP contribution in [-0.4, -0.2) is 55.0 Å². The molecule has 7 rings (SSSR count). The molecule has 0 radical (unpaired) electrons. The summed E-state index contributed by atoms with van der Waals surface area (Å²) in [5.41, 5.74) is 14.1. The third-order valence-electron chi connectivity index (χ3n) is 8.55. The molecule has 1 aromatic carbocycles. The number of aryl methyl sites for hydroxylation is 1. The zero-order valence-electron chi connectivity index (χ0n) is 24.0. The van der Waals surface area contributed by atoms with Crippen LogP contribution in [0.25, 0.3) is 38.9 Å². The summed E-state index contributed by atoms with van der Waals surface area (Å²) in [6.07, 6.45) is 8.03. The molecule has 1 saturated heterocycles. The summed E-state index contributed by atoms with van der Waals surface area (Å²) in [6.45, 7) is 5.86. The van der Waals surface area contributed by atoms with Crippen LogP contribution in [0.15, 0.2) is 60.9 Å². The lowest BCUT2D eigenvalue weighted by molar-refractivity contribution is -0.114. The lowest BCUT2D eigenvalue weighted by Crippen LogP contribution is -2.45. The second-order valence-corrected chi connectivity index (χ2v) is 11.8. The van der Waals surface area contributed by atoms with Crippen LogP contribution in [0.3, 0.4) is 0 Å². The molecule has 1 aliphatic carbocycles. The number of hydrogen-bond acceptors (Lipinski definition) is 5. The summed E-state index contributed by atoms with van der Waals surface area (Å²) in [5.74, 6) is 1.08. The number of benzene rings is 1. The molecule has 0 unspecified atom stereocenters. The average Bonchev–Trinajstić information content (AvgIpc) is 3.66. The van der Waals surface area contributed by atoms with Gasteiger partial charge < -0.3 is 20.5 Å². The largest absolute Gasteiger partial charge is 0.339 e. The van der Waals surface area contributed by atoms with Gasteiger partial charge >= 0.3 is 0 Å². The molecule has 0 bridgehead atoms. The predicted octanol–water partition coefficient (Wildman–Crippen LogP) is 5.26. The van der Waals surface area contributed by atoms with Gasteiger partial charge in [-0.3, -0.25) is 9.59 Å². The highest BCUT2D eigenvalue weighted by atomic mass is 16.2. The minimum atomic E-state index is -0.140. The fourth-order valence-electron chi connectivity index (χ4n) is 6.12. The fourth-order valence-corrected chi connectivity index (χ4v) is 6.12. The Morgan fingerprint density at radius 2 is 1.86 bits per heavy atom. The standard InChI is InChI=1S/C33H35N7O2/c1-20-28-11-9-26(33(42)38-13-3-4-27(34)19-38)18-40(28)37-32(20)30-15-24-8-7-23(14-29(24)39(30)17-22-5-6-22)25-10-12-31(35-16-25)36-21(2)41/h7-12,14-16,18,22,27H,3-6,13,17,19,34H2,1-2H3,(H,35,36,41)/t27-/m1/s1. The number of carbonyl (C=O) groups excluding carboxylic acids is 2. The van der Waals surface area contributed by atoms with Crippen molar-refractivity contribution in [2.75, 3.05) is 18.4 Å². The van der Waals surface area contributed by atoms with Gasteiger partial charge in [0.2, 0.25) is 5.91 Å². The Labute approximate surface area is 244 Å². The molecule has 42 heavy (non-hydrogen) atoms. The molecule has 214 valence electrons. The second kappa shape index (κ2) is 10.4. The normalized spacial score (nSPS) is 17.2. The number of likely N-dealkylation sites (tertiary alicyclic amines) is 1. The topological polar surface area (TPSA) is 111 Å². The maximum Gasteiger partial charge on any atom is 0.255 e. The van der Waals surface area contributed by atoms with Gasteiger partial charge in [-0.25, -0.2) is 9.50 Å². The molecule has 4 aromatic heterocycles. The molecular weight excluding hydrogens is 526 g/mol. The van der Waals surface area contributed by atoms with Crippen LogP contribution in [0.5, 0.6) is 0 Å². The van der Waals surface area contributed by atoms with Gasteiger partial charge in [0.1, 0.15) is 11.5 Å². The first-order valence-corrected chi connectivity index (χ1v) is 14.8. The number of nitrogens with two attached hydrogens (primary N) is 1. The molecule has 2 aliphatic rings. The first-order chi connectivity index (χ1) is 20.3. The highest BCUT2D eigenvalue weighted by molar-refractivity contribution is 5.95. The quantitative estimate of drug-likeness (QED) is 0.294. The summed E-state index contributed by atoms with van der Waals surface area (Å²) in [4.78, 5) is 30.9. The minimum Gasteiger partial charge on any atom is -0.339 e. The molecule has 2 amide bonds. The van der Waals surface area contributed by atoms with E-state index in [9.17, 15) is 9.59 Å². The van der Waals surface area contributed by atoms with Gasteiger partial charge in [-0.1, -0.05) is 12.1 Å². The van der Waals surface area contributed by atoms with E-state index in [1.54, 1.807) is 6.20 Å². The van der Waals surface area contributed by atoms with E-state index in [2.05, 4.69) is 46.1 Å². The van der Waals surface area contributed by atoms with E-state index >= 15 is 0 Å². The molecule has 9 nitrogen and oxygen atoms in total. The van der Waals surface area contributed by atoms with Crippen LogP contribution in [0.1, 0.15) is 48.5 Å². The van der Waals surface area contributed by atoms with Crippen LogP contribution < -0.4 is 11.1 Å². The van der Waals surface area contributed by atoms with Crippen molar-refractivity contribution in [3.63, 3.8) is 0 Å². The summed E-state index contributed by atoms with van der Waals surface area (Å²) >= 11 is 0. The van der Waals surface area contributed by atoms with Crippen LogP contribution in [-0.2, 0) is 11.3 Å². The Bertz CT molecular complexity index is 1830. The number of carbonyl (C=O) groups is 2. The molecule has 5 heterocycles. The van der Waals surface area contributed by atoms with Crippen molar-refractivity contribution in [2.24, 2.45) is 11.7 Å². The van der Waals surface area contributed by atoms with E-state index in [1.165, 1.54) is 19.8 Å². The Kier molecular flexibility index (Phi) is 6.54. The molecule has 5 aromatic rings. The molecule has 2 fully saturated rings. The maximum atomic E-state index is 13.3. The fraction of sp³-hybridized carbons (Fsp3) is 0.333. The van der Waals surface area contributed by atoms with Gasteiger partial charge in [0, 0.05) is 67.0 Å². The van der Waals surface area contributed by atoms with Gasteiger partial charge in [0.05, 0.1) is 16.8 Å².